The van der Waals surface area contributed by atoms with Gasteiger partial charge in [-0.1, -0.05) is 6.92 Å². The van der Waals surface area contributed by atoms with Crippen LogP contribution in [-0.2, 0) is 0 Å². The van der Waals surface area contributed by atoms with E-state index in [0.717, 1.165) is 25.0 Å². The largest absolute Gasteiger partial charge is 0.431 e. The molecule has 2 saturated carbocycles. The van der Waals surface area contributed by atoms with Crippen LogP contribution in [0.1, 0.15) is 38.7 Å². The van der Waals surface area contributed by atoms with Crippen LogP contribution in [0, 0.1) is 23.2 Å². The summed E-state index contributed by atoms with van der Waals surface area (Å²) in [5.41, 5.74) is 6.99. The lowest BCUT2D eigenvalue weighted by molar-refractivity contribution is -0.0495. The van der Waals surface area contributed by atoms with Gasteiger partial charge in [-0.25, -0.2) is 13.8 Å². The third-order valence-corrected chi connectivity index (χ3v) is 7.24. The van der Waals surface area contributed by atoms with E-state index in [2.05, 4.69) is 28.9 Å². The summed E-state index contributed by atoms with van der Waals surface area (Å²) in [4.78, 5) is 5.82. The van der Waals surface area contributed by atoms with Crippen LogP contribution in [0.2, 0.25) is 0 Å². The molecule has 2 unspecified atom stereocenters. The number of anilines is 1. The molecule has 1 aromatic rings. The zero-order valence-corrected chi connectivity index (χ0v) is 18.8. The number of ether oxygens (including phenoxy) is 1. The number of likely N-dealkylation sites (tertiary alicyclic amines) is 1. The number of nitrogens with two attached hydrogens (primary N) is 1. The van der Waals surface area contributed by atoms with Gasteiger partial charge in [0.05, 0.1) is 5.71 Å². The van der Waals surface area contributed by atoms with E-state index >= 15 is 0 Å². The first-order valence-corrected chi connectivity index (χ1v) is 11.5. The van der Waals surface area contributed by atoms with E-state index in [1.165, 1.54) is 12.3 Å². The van der Waals surface area contributed by atoms with E-state index in [1.54, 1.807) is 6.08 Å². The maximum absolute atomic E-state index is 13.6. The van der Waals surface area contributed by atoms with Crippen molar-refractivity contribution in [2.24, 2.45) is 17.8 Å². The van der Waals surface area contributed by atoms with Gasteiger partial charge >= 0.3 is 6.61 Å². The quantitative estimate of drug-likeness (QED) is 0.377. The molecule has 0 spiro atoms. The number of nitrogens with zero attached hydrogens (tertiary/aromatic N) is 2. The van der Waals surface area contributed by atoms with Gasteiger partial charge in [-0.3, -0.25) is 4.90 Å². The topological polar surface area (TPSA) is 87.3 Å². The summed E-state index contributed by atoms with van der Waals surface area (Å²) in [7, 11) is 0. The summed E-state index contributed by atoms with van der Waals surface area (Å²) in [5, 5.41) is 12.0. The molecule has 3 fully saturated rings. The number of allylic oxidation sites excluding steroid dienone is 2. The maximum Gasteiger partial charge on any atom is 0.387 e. The number of pyridine rings is 1. The Balaban J connectivity index is 1.47. The smallest absolute Gasteiger partial charge is 0.387 e. The van der Waals surface area contributed by atoms with Crippen LogP contribution in [0.25, 0.3) is 0 Å². The Morgan fingerprint density at radius 3 is 2.52 bits per heavy atom. The van der Waals surface area contributed by atoms with Crippen LogP contribution < -0.4 is 15.8 Å². The van der Waals surface area contributed by atoms with Crippen molar-refractivity contribution in [1.82, 2.24) is 15.2 Å². The van der Waals surface area contributed by atoms with Crippen molar-refractivity contribution >= 4 is 11.5 Å². The highest BCUT2D eigenvalue weighted by Gasteiger charge is 2.59. The Morgan fingerprint density at radius 1 is 1.30 bits per heavy atom. The Bertz CT molecular complexity index is 891. The summed E-state index contributed by atoms with van der Waals surface area (Å²) in [6.45, 7) is 1.43. The number of hydrogen-bond acceptors (Lipinski definition) is 6. The van der Waals surface area contributed by atoms with Crippen LogP contribution >= 0.6 is 0 Å². The molecule has 0 aromatic carbocycles. The van der Waals surface area contributed by atoms with E-state index in [9.17, 15) is 17.6 Å². The van der Waals surface area contributed by atoms with Gasteiger partial charge in [-0.15, -0.1) is 0 Å². The van der Waals surface area contributed by atoms with Crippen molar-refractivity contribution in [3.8, 4) is 5.75 Å². The second-order valence-electron chi connectivity index (χ2n) is 9.42. The van der Waals surface area contributed by atoms with Crippen LogP contribution in [0.15, 0.2) is 24.0 Å². The highest BCUT2D eigenvalue weighted by molar-refractivity contribution is 6.07. The third kappa shape index (κ3) is 5.10. The van der Waals surface area contributed by atoms with Gasteiger partial charge in [0.15, 0.2) is 11.6 Å². The van der Waals surface area contributed by atoms with Gasteiger partial charge < -0.3 is 21.2 Å². The standard InChI is InChI=1S/C23H31F4N5O/c1-3-11(2)31-19(7-18(28)12-4-20(33-23(26)27)22(29)30-8-12)21-14-5-13(6-15(14)21)32-9-16(24)17(25)10-32/h4,7-8,11,13-17,21,23,28,31H,3,5-6,9-10H2,1-2H3,(H2,29,30)/b19-7-,28-18?/t11?,13?,14-,15+,16-,17+,21+. The predicted octanol–water partition coefficient (Wildman–Crippen LogP) is 3.92. The summed E-state index contributed by atoms with van der Waals surface area (Å²) in [6, 6.07) is 1.70. The van der Waals surface area contributed by atoms with E-state index in [1.807, 2.05) is 4.90 Å². The van der Waals surface area contributed by atoms with Gasteiger partial charge in [0.2, 0.25) is 0 Å². The predicted molar refractivity (Wildman–Crippen MR) is 118 cm³/mol. The molecule has 2 aliphatic carbocycles. The molecule has 1 aromatic heterocycles. The van der Waals surface area contributed by atoms with Gasteiger partial charge in [0, 0.05) is 48.5 Å². The van der Waals surface area contributed by atoms with Gasteiger partial charge in [-0.2, -0.15) is 8.78 Å². The summed E-state index contributed by atoms with van der Waals surface area (Å²) >= 11 is 0. The van der Waals surface area contributed by atoms with E-state index < -0.39 is 19.0 Å². The molecule has 7 atom stereocenters. The Hall–Kier alpha value is -2.36. The number of rotatable bonds is 9. The first-order chi connectivity index (χ1) is 15.7. The minimum Gasteiger partial charge on any atom is -0.431 e. The molecular weight excluding hydrogens is 438 g/mol. The molecule has 4 N–H and O–H groups in total. The molecule has 182 valence electrons. The first kappa shape index (κ1) is 23.8. The van der Waals surface area contributed by atoms with Crippen molar-refractivity contribution in [2.75, 3.05) is 18.8 Å². The molecule has 0 radical (unpaired) electrons. The zero-order chi connectivity index (χ0) is 23.9. The number of fused-ring (bicyclic) bond motifs is 1. The van der Waals surface area contributed by atoms with Crippen molar-refractivity contribution in [1.29, 1.82) is 5.41 Å². The minimum atomic E-state index is -3.04. The lowest BCUT2D eigenvalue weighted by atomic mass is 10.0. The normalized spacial score (nSPS) is 32.6. The van der Waals surface area contributed by atoms with Gasteiger partial charge in [0.1, 0.15) is 12.3 Å². The molecule has 2 heterocycles. The number of hydrogen-bond donors (Lipinski definition) is 3. The average Bonchev–Trinajstić information content (AvgIpc) is 3.07. The fraction of sp³-hybridized carbons (Fsp3) is 0.652. The zero-order valence-electron chi connectivity index (χ0n) is 18.8. The highest BCUT2D eigenvalue weighted by Crippen LogP contribution is 2.61. The third-order valence-electron chi connectivity index (χ3n) is 7.24. The van der Waals surface area contributed by atoms with Crippen molar-refractivity contribution in [2.45, 2.75) is 64.1 Å². The van der Waals surface area contributed by atoms with Crippen molar-refractivity contribution in [3.63, 3.8) is 0 Å². The number of nitrogens with one attached hydrogen (secondary N) is 2. The molecule has 6 nitrogen and oxygen atoms in total. The van der Waals surface area contributed by atoms with Crippen molar-refractivity contribution in [3.05, 3.63) is 29.6 Å². The average molecular weight is 470 g/mol. The van der Waals surface area contributed by atoms with E-state index in [4.69, 9.17) is 11.1 Å². The van der Waals surface area contributed by atoms with Gasteiger partial charge in [-0.05, 0) is 50.2 Å². The monoisotopic (exact) mass is 469 g/mol. The Morgan fingerprint density at radius 2 is 1.94 bits per heavy atom. The second-order valence-corrected chi connectivity index (χ2v) is 9.42. The lowest BCUT2D eigenvalue weighted by Crippen LogP contribution is -2.34. The summed E-state index contributed by atoms with van der Waals surface area (Å²) in [5.74, 6) is 0.643. The summed E-state index contributed by atoms with van der Waals surface area (Å²) in [6.07, 6.45) is 2.98. The van der Waals surface area contributed by atoms with Crippen molar-refractivity contribution < 1.29 is 22.3 Å². The molecule has 1 aliphatic heterocycles. The fourth-order valence-electron chi connectivity index (χ4n) is 5.27. The number of alkyl halides is 4. The van der Waals surface area contributed by atoms with Crippen LogP contribution in [0.4, 0.5) is 23.4 Å². The molecule has 0 bridgehead atoms. The Labute approximate surface area is 191 Å². The van der Waals surface area contributed by atoms with Crippen LogP contribution in [0.5, 0.6) is 5.75 Å². The molecular formula is C23H31F4N5O. The highest BCUT2D eigenvalue weighted by atomic mass is 19.3. The molecule has 1 saturated heterocycles. The molecule has 0 amide bonds. The Kier molecular flexibility index (Phi) is 6.83. The van der Waals surface area contributed by atoms with E-state index in [-0.39, 0.29) is 48.4 Å². The molecule has 33 heavy (non-hydrogen) atoms. The maximum atomic E-state index is 13.6. The lowest BCUT2D eigenvalue weighted by Gasteiger charge is -2.26. The first-order valence-electron chi connectivity index (χ1n) is 11.5. The molecule has 10 heteroatoms. The SMILES string of the molecule is CCC(C)N/C(=C\C(=N)c1cnc(N)c(OC(F)F)c1)[C@H]1[C@@H]2CC(N3C[C@@H](F)[C@@H](F)C3)C[C@@H]21. The van der Waals surface area contributed by atoms with Crippen LogP contribution in [-0.4, -0.2) is 59.7 Å². The number of aromatic nitrogens is 1. The molecule has 3 aliphatic rings. The molecule has 4 rings (SSSR count). The number of halogens is 4. The minimum absolute atomic E-state index is 0.119. The second kappa shape index (κ2) is 9.48. The number of nitrogen functional groups attached to an aromatic ring is 1. The van der Waals surface area contributed by atoms with Crippen LogP contribution in [0.3, 0.4) is 0 Å². The fourth-order valence-corrected chi connectivity index (χ4v) is 5.27. The van der Waals surface area contributed by atoms with Gasteiger partial charge in [0.25, 0.3) is 0 Å². The summed E-state index contributed by atoms with van der Waals surface area (Å²) < 4.78 is 56.9. The van der Waals surface area contributed by atoms with E-state index in [0.29, 0.717) is 17.4 Å².